The third-order valence-electron chi connectivity index (χ3n) is 4.98. The molecule has 1 unspecified atom stereocenters. The lowest BCUT2D eigenvalue weighted by atomic mass is 10.0. The predicted molar refractivity (Wildman–Crippen MR) is 127 cm³/mol. The lowest BCUT2D eigenvalue weighted by Crippen LogP contribution is -2.42. The number of rotatable bonds is 9. The first kappa shape index (κ1) is 23.8. The van der Waals surface area contributed by atoms with Crippen LogP contribution in [0.1, 0.15) is 24.9 Å². The average molecular weight is 473 g/mol. The van der Waals surface area contributed by atoms with Crippen molar-refractivity contribution in [3.8, 4) is 0 Å². The molecule has 0 saturated heterocycles. The highest BCUT2D eigenvalue weighted by atomic mass is 32.2. The zero-order valence-electron chi connectivity index (χ0n) is 17.9. The van der Waals surface area contributed by atoms with Crippen molar-refractivity contribution in [3.63, 3.8) is 0 Å². The first-order chi connectivity index (χ1) is 15.3. The highest BCUT2D eigenvalue weighted by Gasteiger charge is 2.28. The number of nitrogens with zero attached hydrogens (tertiary/aromatic N) is 1. The van der Waals surface area contributed by atoms with E-state index in [9.17, 15) is 17.6 Å². The van der Waals surface area contributed by atoms with Crippen molar-refractivity contribution in [1.82, 2.24) is 5.32 Å². The molecule has 0 fully saturated rings. The van der Waals surface area contributed by atoms with Crippen LogP contribution in [0.4, 0.5) is 10.1 Å². The second kappa shape index (κ2) is 10.7. The van der Waals surface area contributed by atoms with Gasteiger partial charge in [-0.05, 0) is 60.7 Å². The van der Waals surface area contributed by atoms with E-state index in [1.165, 1.54) is 42.1 Å². The van der Waals surface area contributed by atoms with Gasteiger partial charge in [0.2, 0.25) is 5.91 Å². The molecule has 3 rings (SSSR count). The van der Waals surface area contributed by atoms with Gasteiger partial charge < -0.3 is 5.32 Å². The van der Waals surface area contributed by atoms with E-state index in [1.54, 1.807) is 12.1 Å². The van der Waals surface area contributed by atoms with Crippen LogP contribution in [-0.4, -0.2) is 27.1 Å². The number of nitrogens with one attached hydrogen (secondary N) is 1. The molecule has 0 spiro atoms. The van der Waals surface area contributed by atoms with E-state index in [4.69, 9.17) is 0 Å². The third kappa shape index (κ3) is 5.69. The standard InChI is InChI=1S/C24H25FN2O3S2/c1-3-23(18-8-5-4-6-9-18)26-24(28)17-27(20-11-7-10-19(25)16-20)32(29,30)22-14-12-21(31-2)13-15-22/h4-16,23H,3,17H2,1-2H3,(H,26,28). The Morgan fingerprint density at radius 3 is 2.31 bits per heavy atom. The van der Waals surface area contributed by atoms with Gasteiger partial charge in [-0.25, -0.2) is 12.8 Å². The molecule has 1 atom stereocenters. The third-order valence-corrected chi connectivity index (χ3v) is 7.51. The van der Waals surface area contributed by atoms with Gasteiger partial charge in [-0.2, -0.15) is 0 Å². The van der Waals surface area contributed by atoms with Crippen molar-refractivity contribution < 1.29 is 17.6 Å². The van der Waals surface area contributed by atoms with E-state index >= 15 is 0 Å². The molecule has 168 valence electrons. The molecule has 0 heterocycles. The van der Waals surface area contributed by atoms with Crippen molar-refractivity contribution in [3.05, 3.63) is 90.2 Å². The molecular formula is C24H25FN2O3S2. The van der Waals surface area contributed by atoms with Crippen LogP contribution in [0.3, 0.4) is 0 Å². The highest BCUT2D eigenvalue weighted by Crippen LogP contribution is 2.26. The Hall–Kier alpha value is -2.84. The van der Waals surface area contributed by atoms with Crippen LogP contribution in [0.2, 0.25) is 0 Å². The SMILES string of the molecule is CCC(NC(=O)CN(c1cccc(F)c1)S(=O)(=O)c1ccc(SC)cc1)c1ccccc1. The molecule has 32 heavy (non-hydrogen) atoms. The number of halogens is 1. The van der Waals surface area contributed by atoms with Gasteiger partial charge in [0.25, 0.3) is 10.0 Å². The number of carbonyl (C=O) groups is 1. The van der Waals surface area contributed by atoms with Gasteiger partial charge in [-0.3, -0.25) is 9.10 Å². The molecule has 3 aromatic rings. The number of hydrogen-bond donors (Lipinski definition) is 1. The Labute approximate surface area is 192 Å². The molecule has 0 aliphatic heterocycles. The zero-order chi connectivity index (χ0) is 23.1. The average Bonchev–Trinajstić information content (AvgIpc) is 2.81. The van der Waals surface area contributed by atoms with Gasteiger partial charge in [-0.15, -0.1) is 11.8 Å². The summed E-state index contributed by atoms with van der Waals surface area (Å²) in [5.41, 5.74) is 1.01. The molecule has 3 aromatic carbocycles. The van der Waals surface area contributed by atoms with Gasteiger partial charge in [0, 0.05) is 4.90 Å². The van der Waals surface area contributed by atoms with Gasteiger partial charge in [0.05, 0.1) is 16.6 Å². The number of anilines is 1. The van der Waals surface area contributed by atoms with E-state index in [1.807, 2.05) is 43.5 Å². The second-order valence-corrected chi connectivity index (χ2v) is 9.85. The summed E-state index contributed by atoms with van der Waals surface area (Å²) in [5.74, 6) is -1.06. The summed E-state index contributed by atoms with van der Waals surface area (Å²) in [6.07, 6.45) is 2.53. The molecule has 0 radical (unpaired) electrons. The van der Waals surface area contributed by atoms with Gasteiger partial charge in [0.15, 0.2) is 0 Å². The summed E-state index contributed by atoms with van der Waals surface area (Å²) in [6.45, 7) is 1.46. The van der Waals surface area contributed by atoms with Crippen molar-refractivity contribution in [2.24, 2.45) is 0 Å². The van der Waals surface area contributed by atoms with E-state index in [0.717, 1.165) is 20.8 Å². The molecule has 1 amide bonds. The van der Waals surface area contributed by atoms with Gasteiger partial charge in [-0.1, -0.05) is 43.3 Å². The van der Waals surface area contributed by atoms with Crippen molar-refractivity contribution in [1.29, 1.82) is 0 Å². The maximum absolute atomic E-state index is 13.9. The van der Waals surface area contributed by atoms with Crippen LogP contribution in [0.5, 0.6) is 0 Å². The van der Waals surface area contributed by atoms with Crippen molar-refractivity contribution in [2.45, 2.75) is 29.2 Å². The Morgan fingerprint density at radius 2 is 1.72 bits per heavy atom. The maximum atomic E-state index is 13.9. The molecule has 8 heteroatoms. The van der Waals surface area contributed by atoms with E-state index < -0.39 is 28.3 Å². The normalized spacial score (nSPS) is 12.2. The molecule has 0 aromatic heterocycles. The summed E-state index contributed by atoms with van der Waals surface area (Å²) >= 11 is 1.49. The van der Waals surface area contributed by atoms with Crippen LogP contribution < -0.4 is 9.62 Å². The summed E-state index contributed by atoms with van der Waals surface area (Å²) in [7, 11) is -4.10. The molecule has 0 bridgehead atoms. The first-order valence-electron chi connectivity index (χ1n) is 10.1. The minimum Gasteiger partial charge on any atom is -0.348 e. The van der Waals surface area contributed by atoms with Crippen LogP contribution in [-0.2, 0) is 14.8 Å². The fourth-order valence-corrected chi connectivity index (χ4v) is 5.12. The number of sulfonamides is 1. The highest BCUT2D eigenvalue weighted by molar-refractivity contribution is 7.98. The zero-order valence-corrected chi connectivity index (χ0v) is 19.5. The Morgan fingerprint density at radius 1 is 1.03 bits per heavy atom. The lowest BCUT2D eigenvalue weighted by Gasteiger charge is -2.26. The Kier molecular flexibility index (Phi) is 7.93. The molecule has 0 aliphatic rings. The van der Waals surface area contributed by atoms with E-state index in [-0.39, 0.29) is 16.6 Å². The molecule has 5 nitrogen and oxygen atoms in total. The summed E-state index contributed by atoms with van der Waals surface area (Å²) < 4.78 is 41.7. The number of thioether (sulfide) groups is 1. The van der Waals surface area contributed by atoms with Crippen molar-refractivity contribution >= 4 is 33.4 Å². The minimum absolute atomic E-state index is 0.0301. The van der Waals surface area contributed by atoms with Crippen molar-refractivity contribution in [2.75, 3.05) is 17.1 Å². The fraction of sp³-hybridized carbons (Fsp3) is 0.208. The Bertz CT molecular complexity index is 1150. The lowest BCUT2D eigenvalue weighted by molar-refractivity contribution is -0.120. The van der Waals surface area contributed by atoms with Crippen LogP contribution in [0, 0.1) is 5.82 Å². The molecule has 0 saturated carbocycles. The van der Waals surface area contributed by atoms with Crippen LogP contribution in [0.15, 0.2) is 88.7 Å². The second-order valence-electron chi connectivity index (χ2n) is 7.11. The largest absolute Gasteiger partial charge is 0.348 e. The first-order valence-corrected chi connectivity index (χ1v) is 12.8. The quantitative estimate of drug-likeness (QED) is 0.445. The van der Waals surface area contributed by atoms with Gasteiger partial charge >= 0.3 is 0 Å². The van der Waals surface area contributed by atoms with E-state index in [0.29, 0.717) is 6.42 Å². The summed E-state index contributed by atoms with van der Waals surface area (Å²) in [5, 5.41) is 2.90. The smallest absolute Gasteiger partial charge is 0.264 e. The molecule has 1 N–H and O–H groups in total. The van der Waals surface area contributed by atoms with Crippen LogP contribution >= 0.6 is 11.8 Å². The maximum Gasteiger partial charge on any atom is 0.264 e. The minimum atomic E-state index is -4.10. The predicted octanol–water partition coefficient (Wildman–Crippen LogP) is 5.01. The monoisotopic (exact) mass is 472 g/mol. The van der Waals surface area contributed by atoms with E-state index in [2.05, 4.69) is 5.32 Å². The van der Waals surface area contributed by atoms with Gasteiger partial charge in [0.1, 0.15) is 12.4 Å². The summed E-state index contributed by atoms with van der Waals surface area (Å²) in [4.78, 5) is 13.9. The number of benzene rings is 3. The number of amides is 1. The molecule has 0 aliphatic carbocycles. The molecular weight excluding hydrogens is 447 g/mol. The topological polar surface area (TPSA) is 66.5 Å². The number of carbonyl (C=O) groups excluding carboxylic acids is 1. The number of hydrogen-bond acceptors (Lipinski definition) is 4. The summed E-state index contributed by atoms with van der Waals surface area (Å²) in [6, 6.07) is 20.8. The Balaban J connectivity index is 1.91. The fourth-order valence-electron chi connectivity index (χ4n) is 3.30. The van der Waals surface area contributed by atoms with Crippen LogP contribution in [0.25, 0.3) is 0 Å².